The lowest BCUT2D eigenvalue weighted by Crippen LogP contribution is -2.43. The van der Waals surface area contributed by atoms with Crippen LogP contribution in [-0.4, -0.2) is 52.4 Å². The molecule has 3 heterocycles. The molecule has 1 aliphatic heterocycles. The summed E-state index contributed by atoms with van der Waals surface area (Å²) in [5.41, 5.74) is 8.55. The van der Waals surface area contributed by atoms with Crippen LogP contribution < -0.4 is 16.0 Å². The molecule has 1 unspecified atom stereocenters. The number of anilines is 2. The highest BCUT2D eigenvalue weighted by atomic mass is 19.4. The van der Waals surface area contributed by atoms with Gasteiger partial charge in [0.15, 0.2) is 0 Å². The maximum atomic E-state index is 10.6. The van der Waals surface area contributed by atoms with Gasteiger partial charge in [-0.05, 0) is 49.9 Å². The minimum atomic E-state index is -5.08. The number of carboxylic acid groups (broad SMARTS) is 1. The zero-order valence-corrected chi connectivity index (χ0v) is 19.3. The second kappa shape index (κ2) is 11.8. The number of rotatable bonds is 4. The van der Waals surface area contributed by atoms with E-state index in [0.717, 1.165) is 48.8 Å². The lowest BCUT2D eigenvalue weighted by molar-refractivity contribution is -0.192. The Balaban J connectivity index is 0.000000429. The minimum absolute atomic E-state index is 0.164. The third-order valence-corrected chi connectivity index (χ3v) is 5.98. The number of halogens is 3. The fraction of sp³-hybridized carbons (Fsp3) is 0.500. The van der Waals surface area contributed by atoms with E-state index in [1.165, 1.54) is 32.1 Å². The van der Waals surface area contributed by atoms with E-state index in [1.54, 1.807) is 0 Å². The molecule has 8 nitrogen and oxygen atoms in total. The predicted octanol–water partition coefficient (Wildman–Crippen LogP) is 4.32. The minimum Gasteiger partial charge on any atom is -0.475 e. The quantitative estimate of drug-likeness (QED) is 0.578. The Labute approximate surface area is 202 Å². The van der Waals surface area contributed by atoms with E-state index in [1.807, 2.05) is 30.5 Å². The fourth-order valence-corrected chi connectivity index (χ4v) is 4.23. The summed E-state index contributed by atoms with van der Waals surface area (Å²) >= 11 is 0. The highest BCUT2D eigenvalue weighted by Crippen LogP contribution is 2.27. The normalized spacial score (nSPS) is 18.7. The second-order valence-electron chi connectivity index (χ2n) is 8.77. The standard InChI is InChI=1S/C22H28N6.C2HF3O2/c23-14-16-11-20(27-22(12-16)28-10-4-5-18(24)15-28)17-8-9-25-21(13-17)26-19-6-2-1-3-7-19;3-2(4,5)1(6)7/h8-9,11-13,18-19H,1-7,10,15,24H2,(H,25,26);(H,6,7). The number of nitriles is 1. The smallest absolute Gasteiger partial charge is 0.475 e. The number of nitrogens with zero attached hydrogens (tertiary/aromatic N) is 4. The molecule has 0 spiro atoms. The topological polar surface area (TPSA) is 128 Å². The highest BCUT2D eigenvalue weighted by Gasteiger charge is 2.38. The van der Waals surface area contributed by atoms with Crippen molar-refractivity contribution in [3.63, 3.8) is 0 Å². The van der Waals surface area contributed by atoms with Crippen LogP contribution in [-0.2, 0) is 4.79 Å². The number of pyridine rings is 2. The van der Waals surface area contributed by atoms with Crippen LogP contribution in [0.2, 0.25) is 0 Å². The summed E-state index contributed by atoms with van der Waals surface area (Å²) in [6.07, 6.45) is 5.13. The molecule has 0 radical (unpaired) electrons. The Kier molecular flexibility index (Phi) is 8.87. The molecule has 2 fully saturated rings. The molecule has 4 N–H and O–H groups in total. The van der Waals surface area contributed by atoms with Gasteiger partial charge in [0.05, 0.1) is 17.3 Å². The molecule has 2 aromatic rings. The van der Waals surface area contributed by atoms with Crippen LogP contribution in [0.5, 0.6) is 0 Å². The van der Waals surface area contributed by atoms with Crippen molar-refractivity contribution in [2.24, 2.45) is 5.73 Å². The molecule has 1 saturated carbocycles. The van der Waals surface area contributed by atoms with Crippen molar-refractivity contribution in [3.05, 3.63) is 36.0 Å². The highest BCUT2D eigenvalue weighted by molar-refractivity contribution is 5.73. The lowest BCUT2D eigenvalue weighted by Gasteiger charge is -2.32. The molecular weight excluding hydrogens is 461 g/mol. The Morgan fingerprint density at radius 2 is 1.89 bits per heavy atom. The second-order valence-corrected chi connectivity index (χ2v) is 8.77. The monoisotopic (exact) mass is 490 g/mol. The number of nitrogens with two attached hydrogens (primary N) is 1. The number of alkyl halides is 3. The first-order valence-electron chi connectivity index (χ1n) is 11.6. The first kappa shape index (κ1) is 26.2. The van der Waals surface area contributed by atoms with E-state index in [-0.39, 0.29) is 6.04 Å². The third kappa shape index (κ3) is 7.82. The third-order valence-electron chi connectivity index (χ3n) is 5.98. The summed E-state index contributed by atoms with van der Waals surface area (Å²) in [7, 11) is 0. The fourth-order valence-electron chi connectivity index (χ4n) is 4.23. The Hall–Kier alpha value is -3.39. The van der Waals surface area contributed by atoms with Gasteiger partial charge in [-0.1, -0.05) is 19.3 Å². The van der Waals surface area contributed by atoms with Gasteiger partial charge in [0, 0.05) is 36.9 Å². The van der Waals surface area contributed by atoms with Crippen LogP contribution in [0.3, 0.4) is 0 Å². The van der Waals surface area contributed by atoms with E-state index in [2.05, 4.69) is 21.3 Å². The molecule has 35 heavy (non-hydrogen) atoms. The van der Waals surface area contributed by atoms with Crippen molar-refractivity contribution in [1.29, 1.82) is 5.26 Å². The molecule has 2 aliphatic rings. The van der Waals surface area contributed by atoms with Gasteiger partial charge in [-0.2, -0.15) is 18.4 Å². The zero-order chi connectivity index (χ0) is 25.4. The SMILES string of the molecule is N#Cc1cc(-c2ccnc(NC3CCCCC3)c2)nc(N2CCCC(N)C2)c1.O=C(O)C(F)(F)F. The number of hydrogen-bond donors (Lipinski definition) is 3. The molecule has 2 aromatic heterocycles. The Morgan fingerprint density at radius 3 is 2.51 bits per heavy atom. The number of carboxylic acids is 1. The van der Waals surface area contributed by atoms with Gasteiger partial charge >= 0.3 is 12.1 Å². The van der Waals surface area contributed by atoms with Gasteiger partial charge < -0.3 is 21.1 Å². The van der Waals surface area contributed by atoms with Crippen molar-refractivity contribution >= 4 is 17.6 Å². The number of aromatic nitrogens is 2. The molecule has 1 atom stereocenters. The van der Waals surface area contributed by atoms with Crippen LogP contribution in [0.4, 0.5) is 24.8 Å². The Morgan fingerprint density at radius 1 is 1.17 bits per heavy atom. The summed E-state index contributed by atoms with van der Waals surface area (Å²) in [4.78, 5) is 20.4. The van der Waals surface area contributed by atoms with Crippen LogP contribution >= 0.6 is 0 Å². The molecule has 0 amide bonds. The summed E-state index contributed by atoms with van der Waals surface area (Å²) in [5.74, 6) is -1.04. The van der Waals surface area contributed by atoms with Crippen LogP contribution in [0.15, 0.2) is 30.5 Å². The van der Waals surface area contributed by atoms with Crippen LogP contribution in [0, 0.1) is 11.3 Å². The van der Waals surface area contributed by atoms with Gasteiger partial charge in [0.2, 0.25) is 0 Å². The average Bonchev–Trinajstić information content (AvgIpc) is 2.84. The maximum absolute atomic E-state index is 10.6. The molecule has 0 bridgehead atoms. The molecule has 1 saturated heterocycles. The molecule has 188 valence electrons. The average molecular weight is 491 g/mol. The largest absolute Gasteiger partial charge is 0.490 e. The zero-order valence-electron chi connectivity index (χ0n) is 19.3. The lowest BCUT2D eigenvalue weighted by atomic mass is 9.95. The van der Waals surface area contributed by atoms with Gasteiger partial charge in [0.25, 0.3) is 0 Å². The Bertz CT molecular complexity index is 1050. The molecule has 11 heteroatoms. The van der Waals surface area contributed by atoms with Crippen molar-refractivity contribution in [2.75, 3.05) is 23.3 Å². The van der Waals surface area contributed by atoms with E-state index < -0.39 is 12.1 Å². The molecule has 1 aliphatic carbocycles. The van der Waals surface area contributed by atoms with E-state index in [9.17, 15) is 18.4 Å². The summed E-state index contributed by atoms with van der Waals surface area (Å²) in [6, 6.07) is 10.7. The maximum Gasteiger partial charge on any atom is 0.490 e. The number of aliphatic carboxylic acids is 1. The van der Waals surface area contributed by atoms with Gasteiger partial charge in [-0.25, -0.2) is 14.8 Å². The summed E-state index contributed by atoms with van der Waals surface area (Å²) < 4.78 is 31.7. The van der Waals surface area contributed by atoms with E-state index in [0.29, 0.717) is 11.6 Å². The predicted molar refractivity (Wildman–Crippen MR) is 126 cm³/mol. The van der Waals surface area contributed by atoms with Crippen LogP contribution in [0.25, 0.3) is 11.3 Å². The number of piperidine rings is 1. The first-order chi connectivity index (χ1) is 16.7. The van der Waals surface area contributed by atoms with Gasteiger partial charge in [0.1, 0.15) is 11.6 Å². The number of hydrogen-bond acceptors (Lipinski definition) is 7. The first-order valence-corrected chi connectivity index (χ1v) is 11.6. The van der Waals surface area contributed by atoms with Gasteiger partial charge in [-0.3, -0.25) is 0 Å². The number of nitrogens with one attached hydrogen (secondary N) is 1. The number of carbonyl (C=O) groups is 1. The molecule has 0 aromatic carbocycles. The van der Waals surface area contributed by atoms with Gasteiger partial charge in [-0.15, -0.1) is 0 Å². The molecule has 4 rings (SSSR count). The summed E-state index contributed by atoms with van der Waals surface area (Å²) in [5, 5.41) is 20.2. The van der Waals surface area contributed by atoms with Crippen LogP contribution in [0.1, 0.15) is 50.5 Å². The molecular formula is C24H29F3N6O2. The van der Waals surface area contributed by atoms with Crippen molar-refractivity contribution < 1.29 is 23.1 Å². The van der Waals surface area contributed by atoms with E-state index in [4.69, 9.17) is 20.6 Å². The van der Waals surface area contributed by atoms with Crippen molar-refractivity contribution in [2.45, 2.75) is 63.2 Å². The van der Waals surface area contributed by atoms with Crippen molar-refractivity contribution in [3.8, 4) is 17.3 Å². The van der Waals surface area contributed by atoms with E-state index >= 15 is 0 Å². The van der Waals surface area contributed by atoms with Crippen molar-refractivity contribution in [1.82, 2.24) is 9.97 Å². The summed E-state index contributed by atoms with van der Waals surface area (Å²) in [6.45, 7) is 1.71.